The predicted octanol–water partition coefficient (Wildman–Crippen LogP) is 4.87. The van der Waals surface area contributed by atoms with Crippen molar-refractivity contribution < 1.29 is 9.84 Å². The van der Waals surface area contributed by atoms with Crippen molar-refractivity contribution in [2.24, 2.45) is 0 Å². The fraction of sp³-hybridized carbons (Fsp3) is 0.143. The van der Waals surface area contributed by atoms with Crippen LogP contribution in [-0.4, -0.2) is 27.4 Å². The molecule has 4 rings (SSSR count). The Bertz CT molecular complexity index is 1190. The quantitative estimate of drug-likeness (QED) is 0.458. The van der Waals surface area contributed by atoms with Crippen LogP contribution >= 0.6 is 34.5 Å². The van der Waals surface area contributed by atoms with Gasteiger partial charge in [-0.15, -0.1) is 11.3 Å². The normalized spacial score (nSPS) is 12.2. The van der Waals surface area contributed by atoms with Crippen LogP contribution in [0, 0.1) is 0 Å². The second-order valence-corrected chi connectivity index (χ2v) is 8.09. The molecule has 0 radical (unpaired) electrons. The number of nitrogens with zero attached hydrogens (tertiary/aromatic N) is 2. The number of hydrogen-bond acceptors (Lipinski definition) is 5. The van der Waals surface area contributed by atoms with Gasteiger partial charge >= 0.3 is 0 Å². The minimum atomic E-state index is -0.946. The summed E-state index contributed by atoms with van der Waals surface area (Å²) in [6.45, 7) is -0.0307. The summed E-state index contributed by atoms with van der Waals surface area (Å²) in [6, 6.07) is 14.7. The molecule has 0 spiro atoms. The van der Waals surface area contributed by atoms with E-state index < -0.39 is 6.10 Å². The van der Waals surface area contributed by atoms with Crippen molar-refractivity contribution >= 4 is 44.8 Å². The van der Waals surface area contributed by atoms with E-state index in [-0.39, 0.29) is 18.7 Å². The Morgan fingerprint density at radius 2 is 1.83 bits per heavy atom. The first-order valence-corrected chi connectivity index (χ1v) is 10.4. The SMILES string of the molecule is O=c1c2c(-c3ccccc3)csc2ncn1CC(O)COc1c(Cl)cccc1Cl. The van der Waals surface area contributed by atoms with E-state index in [0.717, 1.165) is 11.1 Å². The van der Waals surface area contributed by atoms with Gasteiger partial charge in [0.25, 0.3) is 5.56 Å². The Hall–Kier alpha value is -2.38. The second kappa shape index (κ2) is 8.55. The van der Waals surface area contributed by atoms with Crippen LogP contribution in [0.3, 0.4) is 0 Å². The van der Waals surface area contributed by atoms with E-state index >= 15 is 0 Å². The van der Waals surface area contributed by atoms with Crippen molar-refractivity contribution in [1.29, 1.82) is 0 Å². The fourth-order valence-corrected chi connectivity index (χ4v) is 4.42. The van der Waals surface area contributed by atoms with E-state index in [1.807, 2.05) is 35.7 Å². The van der Waals surface area contributed by atoms with Crippen LogP contribution in [0.5, 0.6) is 5.75 Å². The maximum absolute atomic E-state index is 13.0. The number of aromatic nitrogens is 2. The van der Waals surface area contributed by atoms with Crippen LogP contribution < -0.4 is 10.3 Å². The van der Waals surface area contributed by atoms with Crippen molar-refractivity contribution in [1.82, 2.24) is 9.55 Å². The molecule has 1 unspecified atom stereocenters. The molecule has 4 aromatic rings. The van der Waals surface area contributed by atoms with E-state index in [2.05, 4.69) is 4.98 Å². The summed E-state index contributed by atoms with van der Waals surface area (Å²) < 4.78 is 6.95. The molecule has 2 heterocycles. The van der Waals surface area contributed by atoms with Crippen molar-refractivity contribution in [3.8, 4) is 16.9 Å². The fourth-order valence-electron chi connectivity index (χ4n) is 3.01. The lowest BCUT2D eigenvalue weighted by atomic mass is 10.1. The molecule has 5 nitrogen and oxygen atoms in total. The number of hydrogen-bond donors (Lipinski definition) is 1. The number of rotatable bonds is 6. The van der Waals surface area contributed by atoms with Crippen molar-refractivity contribution in [3.63, 3.8) is 0 Å². The predicted molar refractivity (Wildman–Crippen MR) is 117 cm³/mol. The molecule has 1 atom stereocenters. The largest absolute Gasteiger partial charge is 0.488 e. The Balaban J connectivity index is 1.57. The number of benzene rings is 2. The molecule has 0 saturated heterocycles. The minimum Gasteiger partial charge on any atom is -0.488 e. The zero-order chi connectivity index (χ0) is 20.4. The van der Waals surface area contributed by atoms with Gasteiger partial charge in [0, 0.05) is 10.9 Å². The number of aliphatic hydroxyl groups is 1. The first kappa shape index (κ1) is 19.9. The smallest absolute Gasteiger partial charge is 0.262 e. The molecule has 1 N–H and O–H groups in total. The Morgan fingerprint density at radius 3 is 2.55 bits per heavy atom. The van der Waals surface area contributed by atoms with Gasteiger partial charge in [0.05, 0.1) is 28.3 Å². The van der Waals surface area contributed by atoms with Gasteiger partial charge in [0.1, 0.15) is 17.5 Å². The molecular weight excluding hydrogens is 431 g/mol. The molecule has 2 aromatic heterocycles. The molecule has 0 bridgehead atoms. The highest BCUT2D eigenvalue weighted by atomic mass is 35.5. The van der Waals surface area contributed by atoms with Crippen LogP contribution in [0.25, 0.3) is 21.3 Å². The number of halogens is 2. The molecule has 0 aliphatic heterocycles. The van der Waals surface area contributed by atoms with Gasteiger partial charge in [-0.25, -0.2) is 4.98 Å². The van der Waals surface area contributed by atoms with Crippen LogP contribution in [0.15, 0.2) is 65.0 Å². The summed E-state index contributed by atoms with van der Waals surface area (Å²) in [6.07, 6.45) is 0.500. The Morgan fingerprint density at radius 1 is 1.10 bits per heavy atom. The molecule has 0 amide bonds. The summed E-state index contributed by atoms with van der Waals surface area (Å²) in [5.41, 5.74) is 1.59. The summed E-state index contributed by atoms with van der Waals surface area (Å²) in [5, 5.41) is 13.6. The third-order valence-electron chi connectivity index (χ3n) is 4.39. The number of para-hydroxylation sites is 1. The maximum Gasteiger partial charge on any atom is 0.262 e. The Kier molecular flexibility index (Phi) is 5.87. The number of aliphatic hydroxyl groups excluding tert-OH is 1. The average molecular weight is 447 g/mol. The summed E-state index contributed by atoms with van der Waals surface area (Å²) in [7, 11) is 0. The van der Waals surface area contributed by atoms with Crippen molar-refractivity contribution in [2.75, 3.05) is 6.61 Å². The van der Waals surface area contributed by atoms with Gasteiger partial charge in [-0.3, -0.25) is 9.36 Å². The topological polar surface area (TPSA) is 64.4 Å². The van der Waals surface area contributed by atoms with Gasteiger partial charge in [-0.05, 0) is 17.7 Å². The van der Waals surface area contributed by atoms with Crippen LogP contribution in [0.1, 0.15) is 0 Å². The van der Waals surface area contributed by atoms with Gasteiger partial charge in [0.15, 0.2) is 5.75 Å². The van der Waals surface area contributed by atoms with Crippen molar-refractivity contribution in [3.05, 3.63) is 80.6 Å². The second-order valence-electron chi connectivity index (χ2n) is 6.41. The summed E-state index contributed by atoms with van der Waals surface area (Å²) in [4.78, 5) is 18.1. The first-order chi connectivity index (χ1) is 14.0. The van der Waals surface area contributed by atoms with Crippen molar-refractivity contribution in [2.45, 2.75) is 12.6 Å². The van der Waals surface area contributed by atoms with E-state index in [1.165, 1.54) is 22.2 Å². The molecule has 148 valence electrons. The van der Waals surface area contributed by atoms with E-state index in [4.69, 9.17) is 27.9 Å². The monoisotopic (exact) mass is 446 g/mol. The highest BCUT2D eigenvalue weighted by molar-refractivity contribution is 7.17. The standard InChI is InChI=1S/C21H16Cl2N2O3S/c22-16-7-4-8-17(23)19(16)28-10-14(26)9-25-12-24-20-18(21(25)27)15(11-29-20)13-5-2-1-3-6-13/h1-8,11-12,14,26H,9-10H2. The molecule has 0 saturated carbocycles. The average Bonchev–Trinajstić information content (AvgIpc) is 3.15. The lowest BCUT2D eigenvalue weighted by Crippen LogP contribution is -2.30. The number of fused-ring (bicyclic) bond motifs is 1. The molecule has 0 aliphatic carbocycles. The van der Waals surface area contributed by atoms with Gasteiger partial charge in [-0.1, -0.05) is 59.6 Å². The van der Waals surface area contributed by atoms with E-state index in [9.17, 15) is 9.90 Å². The third kappa shape index (κ3) is 4.16. The molecule has 8 heteroatoms. The zero-order valence-electron chi connectivity index (χ0n) is 15.1. The highest BCUT2D eigenvalue weighted by Gasteiger charge is 2.16. The van der Waals surface area contributed by atoms with E-state index in [0.29, 0.717) is 26.0 Å². The molecule has 0 aliphatic rings. The maximum atomic E-state index is 13.0. The molecule has 2 aromatic carbocycles. The lowest BCUT2D eigenvalue weighted by Gasteiger charge is -2.15. The van der Waals surface area contributed by atoms with Crippen LogP contribution in [-0.2, 0) is 6.54 Å². The third-order valence-corrected chi connectivity index (χ3v) is 5.87. The van der Waals surface area contributed by atoms with Crippen LogP contribution in [0.4, 0.5) is 0 Å². The number of ether oxygens (including phenoxy) is 1. The summed E-state index contributed by atoms with van der Waals surface area (Å²) in [5.74, 6) is 0.306. The minimum absolute atomic E-state index is 0.0356. The molecule has 0 fully saturated rings. The Labute approximate surface area is 180 Å². The van der Waals surface area contributed by atoms with Gasteiger partial charge in [-0.2, -0.15) is 0 Å². The molecular formula is C21H16Cl2N2O3S. The first-order valence-electron chi connectivity index (χ1n) is 8.81. The zero-order valence-corrected chi connectivity index (χ0v) is 17.4. The van der Waals surface area contributed by atoms with E-state index in [1.54, 1.807) is 18.2 Å². The summed E-state index contributed by atoms with van der Waals surface area (Å²) >= 11 is 13.6. The lowest BCUT2D eigenvalue weighted by molar-refractivity contribution is 0.0916. The molecule has 29 heavy (non-hydrogen) atoms. The number of thiophene rings is 1. The highest BCUT2D eigenvalue weighted by Crippen LogP contribution is 2.32. The van der Waals surface area contributed by atoms with Gasteiger partial charge < -0.3 is 9.84 Å². The van der Waals surface area contributed by atoms with Gasteiger partial charge in [0.2, 0.25) is 0 Å². The van der Waals surface area contributed by atoms with Crippen LogP contribution in [0.2, 0.25) is 10.0 Å².